The summed E-state index contributed by atoms with van der Waals surface area (Å²) in [4.78, 5) is 27.8. The Kier molecular flexibility index (Phi) is 6.00. The summed E-state index contributed by atoms with van der Waals surface area (Å²) in [6.45, 7) is 2.20. The zero-order chi connectivity index (χ0) is 19.9. The van der Waals surface area contributed by atoms with E-state index in [1.165, 1.54) is 28.1 Å². The van der Waals surface area contributed by atoms with Gasteiger partial charge in [0, 0.05) is 12.6 Å². The van der Waals surface area contributed by atoms with E-state index in [1.807, 2.05) is 19.1 Å². The molecule has 2 heterocycles. The number of rotatable bonds is 8. The van der Waals surface area contributed by atoms with Crippen LogP contribution in [0, 0.1) is 6.92 Å². The molecule has 0 spiro atoms. The molecule has 0 aliphatic carbocycles. The van der Waals surface area contributed by atoms with Gasteiger partial charge in [0.25, 0.3) is 11.5 Å². The molecule has 0 unspecified atom stereocenters. The highest BCUT2D eigenvalue weighted by Crippen LogP contribution is 2.27. The van der Waals surface area contributed by atoms with Crippen LogP contribution in [0.15, 0.2) is 47.8 Å². The summed E-state index contributed by atoms with van der Waals surface area (Å²) < 4.78 is 13.4. The third kappa shape index (κ3) is 4.72. The van der Waals surface area contributed by atoms with Crippen LogP contribution in [0.3, 0.4) is 0 Å². The van der Waals surface area contributed by atoms with Crippen LogP contribution < -0.4 is 20.3 Å². The third-order valence-corrected chi connectivity index (χ3v) is 3.83. The molecule has 28 heavy (non-hydrogen) atoms. The predicted octanol–water partition coefficient (Wildman–Crippen LogP) is 0.336. The van der Waals surface area contributed by atoms with Crippen molar-refractivity contribution in [3.05, 3.63) is 58.9 Å². The number of aryl methyl sites for hydroxylation is 1. The van der Waals surface area contributed by atoms with Gasteiger partial charge in [-0.05, 0) is 30.7 Å². The van der Waals surface area contributed by atoms with Gasteiger partial charge in [0.15, 0.2) is 23.9 Å². The van der Waals surface area contributed by atoms with Crippen molar-refractivity contribution < 1.29 is 14.3 Å². The van der Waals surface area contributed by atoms with Gasteiger partial charge < -0.3 is 14.8 Å². The Morgan fingerprint density at radius 3 is 2.82 bits per heavy atom. The highest BCUT2D eigenvalue weighted by molar-refractivity contribution is 5.77. The van der Waals surface area contributed by atoms with Crippen LogP contribution in [-0.2, 0) is 11.3 Å². The fraction of sp³-hybridized carbons (Fsp3) is 0.278. The van der Waals surface area contributed by atoms with E-state index in [1.54, 1.807) is 19.2 Å². The first-order chi connectivity index (χ1) is 13.6. The van der Waals surface area contributed by atoms with Gasteiger partial charge in [0.2, 0.25) is 0 Å². The minimum atomic E-state index is -0.317. The van der Waals surface area contributed by atoms with E-state index < -0.39 is 0 Å². The Bertz CT molecular complexity index is 1000. The van der Waals surface area contributed by atoms with Gasteiger partial charge in [0.05, 0.1) is 13.7 Å². The number of hydrogen-bond acceptors (Lipinski definition) is 7. The molecule has 0 aliphatic rings. The Hall–Kier alpha value is -3.69. The van der Waals surface area contributed by atoms with Crippen LogP contribution in [0.5, 0.6) is 11.5 Å². The smallest absolute Gasteiger partial charge is 0.266 e. The zero-order valence-corrected chi connectivity index (χ0v) is 15.5. The second-order valence-corrected chi connectivity index (χ2v) is 5.89. The first-order valence-corrected chi connectivity index (χ1v) is 8.54. The quantitative estimate of drug-likeness (QED) is 0.596. The molecule has 0 saturated heterocycles. The molecule has 3 aromatic rings. The molecule has 0 atom stereocenters. The molecule has 10 heteroatoms. The minimum Gasteiger partial charge on any atom is -0.493 e. The number of nitrogens with one attached hydrogen (secondary N) is 1. The molecule has 3 rings (SSSR count). The van der Waals surface area contributed by atoms with E-state index >= 15 is 0 Å². The predicted molar refractivity (Wildman–Crippen MR) is 99.6 cm³/mol. The van der Waals surface area contributed by atoms with Crippen molar-refractivity contribution >= 4 is 5.91 Å². The molecule has 0 saturated carbocycles. The lowest BCUT2D eigenvalue weighted by molar-refractivity contribution is -0.123. The normalized spacial score (nSPS) is 10.5. The average Bonchev–Trinajstić information content (AvgIpc) is 3.23. The molecular formula is C18H20N6O4. The number of amides is 1. The fourth-order valence-corrected chi connectivity index (χ4v) is 2.44. The van der Waals surface area contributed by atoms with Crippen molar-refractivity contribution in [1.29, 1.82) is 0 Å². The highest BCUT2D eigenvalue weighted by Gasteiger charge is 2.08. The Morgan fingerprint density at radius 2 is 2.07 bits per heavy atom. The van der Waals surface area contributed by atoms with Crippen molar-refractivity contribution in [2.75, 3.05) is 20.3 Å². The van der Waals surface area contributed by atoms with Gasteiger partial charge in [-0.15, -0.1) is 5.10 Å². The van der Waals surface area contributed by atoms with E-state index in [9.17, 15) is 9.59 Å². The molecule has 146 valence electrons. The summed E-state index contributed by atoms with van der Waals surface area (Å²) in [6, 6.07) is 8.39. The first kappa shape index (κ1) is 19.1. The molecule has 1 amide bonds. The summed E-state index contributed by atoms with van der Waals surface area (Å²) in [6.07, 6.45) is 2.86. The minimum absolute atomic E-state index is 0.166. The number of carbonyl (C=O) groups is 1. The molecule has 0 aliphatic heterocycles. The van der Waals surface area contributed by atoms with Gasteiger partial charge in [0.1, 0.15) is 12.7 Å². The lowest BCUT2D eigenvalue weighted by Gasteiger charge is -2.12. The molecule has 2 aromatic heterocycles. The van der Waals surface area contributed by atoms with Crippen LogP contribution in [0.4, 0.5) is 0 Å². The van der Waals surface area contributed by atoms with Gasteiger partial charge in [-0.2, -0.15) is 5.10 Å². The first-order valence-electron chi connectivity index (χ1n) is 8.54. The fourth-order valence-electron chi connectivity index (χ4n) is 2.44. The molecule has 0 radical (unpaired) electrons. The number of hydrogen-bond donors (Lipinski definition) is 1. The van der Waals surface area contributed by atoms with Gasteiger partial charge in [-0.3, -0.25) is 9.59 Å². The summed E-state index contributed by atoms with van der Waals surface area (Å²) >= 11 is 0. The third-order valence-electron chi connectivity index (χ3n) is 3.83. The topological polar surface area (TPSA) is 113 Å². The monoisotopic (exact) mass is 384 g/mol. The largest absolute Gasteiger partial charge is 0.493 e. The molecule has 1 N–H and O–H groups in total. The maximum atomic E-state index is 12.0. The zero-order valence-electron chi connectivity index (χ0n) is 15.5. The van der Waals surface area contributed by atoms with Crippen LogP contribution >= 0.6 is 0 Å². The summed E-state index contributed by atoms with van der Waals surface area (Å²) in [5.41, 5.74) is 0.749. The van der Waals surface area contributed by atoms with Crippen molar-refractivity contribution in [3.63, 3.8) is 0 Å². The maximum absolute atomic E-state index is 12.0. The molecular weight excluding hydrogens is 364 g/mol. The Balaban J connectivity index is 1.52. The standard InChI is InChI=1S/C18H20N6O4/c1-13-3-4-14(15(9-13)27-2)28-10-17(25)20-7-8-23-18(26)6-5-16(22-23)24-12-19-11-21-24/h3-6,9,11-12H,7-8,10H2,1-2H3,(H,20,25). The van der Waals surface area contributed by atoms with Crippen molar-refractivity contribution in [2.45, 2.75) is 13.5 Å². The maximum Gasteiger partial charge on any atom is 0.266 e. The van der Waals surface area contributed by atoms with Crippen molar-refractivity contribution in [2.24, 2.45) is 0 Å². The van der Waals surface area contributed by atoms with Crippen LogP contribution in [0.1, 0.15) is 5.56 Å². The van der Waals surface area contributed by atoms with E-state index in [0.717, 1.165) is 5.56 Å². The second-order valence-electron chi connectivity index (χ2n) is 5.89. The summed E-state index contributed by atoms with van der Waals surface area (Å²) in [5.74, 6) is 1.19. The second kappa shape index (κ2) is 8.80. The number of aromatic nitrogens is 5. The molecule has 0 bridgehead atoms. The number of methoxy groups -OCH3 is 1. The van der Waals surface area contributed by atoms with Crippen LogP contribution in [-0.4, -0.2) is 50.7 Å². The van der Waals surface area contributed by atoms with Crippen LogP contribution in [0.2, 0.25) is 0 Å². The SMILES string of the molecule is COc1cc(C)ccc1OCC(=O)NCCn1nc(-n2cncn2)ccc1=O. The van der Waals surface area contributed by atoms with Gasteiger partial charge in [-0.1, -0.05) is 6.07 Å². The number of nitrogens with zero attached hydrogens (tertiary/aromatic N) is 5. The van der Waals surface area contributed by atoms with Gasteiger partial charge >= 0.3 is 0 Å². The highest BCUT2D eigenvalue weighted by atomic mass is 16.5. The van der Waals surface area contributed by atoms with E-state index in [-0.39, 0.29) is 31.2 Å². The Morgan fingerprint density at radius 1 is 1.21 bits per heavy atom. The van der Waals surface area contributed by atoms with Crippen molar-refractivity contribution in [3.8, 4) is 17.3 Å². The summed E-state index contributed by atoms with van der Waals surface area (Å²) in [5, 5.41) is 10.9. The van der Waals surface area contributed by atoms with Crippen molar-refractivity contribution in [1.82, 2.24) is 29.9 Å². The molecule has 10 nitrogen and oxygen atoms in total. The molecule has 0 fully saturated rings. The number of carbonyl (C=O) groups excluding carboxylic acids is 1. The van der Waals surface area contributed by atoms with Gasteiger partial charge in [-0.25, -0.2) is 14.3 Å². The number of ether oxygens (including phenoxy) is 2. The number of benzene rings is 1. The lowest BCUT2D eigenvalue weighted by atomic mass is 10.2. The Labute approximate surface area is 160 Å². The van der Waals surface area contributed by atoms with E-state index in [2.05, 4.69) is 20.5 Å². The van der Waals surface area contributed by atoms with E-state index in [4.69, 9.17) is 9.47 Å². The lowest BCUT2D eigenvalue weighted by Crippen LogP contribution is -2.34. The van der Waals surface area contributed by atoms with E-state index in [0.29, 0.717) is 17.3 Å². The average molecular weight is 384 g/mol. The van der Waals surface area contributed by atoms with Crippen LogP contribution in [0.25, 0.3) is 5.82 Å². The molecule has 1 aromatic carbocycles. The summed E-state index contributed by atoms with van der Waals surface area (Å²) in [7, 11) is 1.54.